The van der Waals surface area contributed by atoms with Crippen molar-refractivity contribution in [3.63, 3.8) is 0 Å². The molecule has 3 N–H and O–H groups in total. The smallest absolute Gasteiger partial charge is 0.240 e. The van der Waals surface area contributed by atoms with Crippen molar-refractivity contribution in [3.8, 4) is 0 Å². The van der Waals surface area contributed by atoms with Crippen LogP contribution in [0.4, 0.5) is 0 Å². The van der Waals surface area contributed by atoms with Gasteiger partial charge in [0.2, 0.25) is 10.0 Å². The second kappa shape index (κ2) is 15.0. The molecular weight excluding hydrogens is 491 g/mol. The molecule has 28 heavy (non-hydrogen) atoms. The molecule has 0 unspecified atom stereocenters. The summed E-state index contributed by atoms with van der Waals surface area (Å²) < 4.78 is 32.0. The lowest BCUT2D eigenvalue weighted by Crippen LogP contribution is -2.37. The fourth-order valence-corrected chi connectivity index (χ4v) is 3.48. The molecule has 0 spiro atoms. The number of benzene rings is 1. The monoisotopic (exact) mass is 526 g/mol. The van der Waals surface area contributed by atoms with Crippen molar-refractivity contribution < 1.29 is 13.2 Å². The van der Waals surface area contributed by atoms with Gasteiger partial charge < -0.3 is 15.4 Å². The highest BCUT2D eigenvalue weighted by Crippen LogP contribution is 2.12. The number of nitrogens with zero attached hydrogens (tertiary/aromatic N) is 1. The maximum atomic E-state index is 12.3. The predicted octanol–water partition coefficient (Wildman–Crippen LogP) is 2.72. The minimum atomic E-state index is -3.54. The van der Waals surface area contributed by atoms with Gasteiger partial charge >= 0.3 is 0 Å². The van der Waals surface area contributed by atoms with Crippen LogP contribution in [0.1, 0.15) is 39.2 Å². The Bertz CT molecular complexity index is 682. The van der Waals surface area contributed by atoms with E-state index in [1.165, 1.54) is 13.5 Å². The van der Waals surface area contributed by atoms with Crippen LogP contribution in [0.15, 0.2) is 34.2 Å². The number of methoxy groups -OCH3 is 1. The molecule has 1 aromatic rings. The molecule has 0 saturated carbocycles. The Morgan fingerprint density at radius 2 is 1.96 bits per heavy atom. The van der Waals surface area contributed by atoms with Gasteiger partial charge in [-0.15, -0.1) is 24.0 Å². The van der Waals surface area contributed by atoms with E-state index in [9.17, 15) is 8.42 Å². The molecule has 0 saturated heterocycles. The van der Waals surface area contributed by atoms with Gasteiger partial charge in [-0.3, -0.25) is 0 Å². The van der Waals surface area contributed by atoms with E-state index in [2.05, 4.69) is 34.2 Å². The zero-order valence-corrected chi connectivity index (χ0v) is 20.5. The maximum absolute atomic E-state index is 12.3. The highest BCUT2D eigenvalue weighted by molar-refractivity contribution is 14.0. The topological polar surface area (TPSA) is 91.8 Å². The molecule has 0 atom stereocenters. The molecular formula is C19H35IN4O3S. The van der Waals surface area contributed by atoms with Gasteiger partial charge in [-0.25, -0.2) is 18.1 Å². The molecule has 0 radical (unpaired) electrons. The van der Waals surface area contributed by atoms with Gasteiger partial charge in [0.15, 0.2) is 5.96 Å². The Hall–Kier alpha value is -0.910. The van der Waals surface area contributed by atoms with E-state index in [4.69, 9.17) is 4.74 Å². The molecule has 1 aromatic carbocycles. The molecule has 1 rings (SSSR count). The van der Waals surface area contributed by atoms with E-state index in [0.29, 0.717) is 19.1 Å². The largest absolute Gasteiger partial charge is 0.383 e. The van der Waals surface area contributed by atoms with Gasteiger partial charge in [-0.1, -0.05) is 26.0 Å². The minimum Gasteiger partial charge on any atom is -0.383 e. The standard InChI is InChI=1S/C19H34N4O3S.HI/c1-5-20-19(21-11-7-8-16(2)3)22-15-17-9-6-10-18(14-17)27(24,25)23-12-13-26-4;/h6,9-10,14,16,23H,5,7-8,11-13,15H2,1-4H3,(H2,20,21,22);1H. The summed E-state index contributed by atoms with van der Waals surface area (Å²) in [7, 11) is -2.01. The molecule has 0 amide bonds. The average Bonchev–Trinajstić information content (AvgIpc) is 2.63. The van der Waals surface area contributed by atoms with E-state index in [0.717, 1.165) is 31.0 Å². The first-order chi connectivity index (χ1) is 12.9. The summed E-state index contributed by atoms with van der Waals surface area (Å²) in [6.07, 6.45) is 2.26. The van der Waals surface area contributed by atoms with Crippen LogP contribution in [0.5, 0.6) is 0 Å². The molecule has 0 aliphatic heterocycles. The number of guanidine groups is 1. The number of hydrogen-bond donors (Lipinski definition) is 3. The lowest BCUT2D eigenvalue weighted by atomic mass is 10.1. The van der Waals surface area contributed by atoms with E-state index >= 15 is 0 Å². The van der Waals surface area contributed by atoms with Gasteiger partial charge in [0.1, 0.15) is 0 Å². The second-order valence-corrected chi connectivity index (χ2v) is 8.46. The van der Waals surface area contributed by atoms with Crippen molar-refractivity contribution in [3.05, 3.63) is 29.8 Å². The summed E-state index contributed by atoms with van der Waals surface area (Å²) in [5.74, 6) is 1.43. The lowest BCUT2D eigenvalue weighted by molar-refractivity contribution is 0.204. The quantitative estimate of drug-likeness (QED) is 0.169. The predicted molar refractivity (Wildman–Crippen MR) is 126 cm³/mol. The van der Waals surface area contributed by atoms with Crippen molar-refractivity contribution in [1.29, 1.82) is 0 Å². The zero-order valence-electron chi connectivity index (χ0n) is 17.3. The fourth-order valence-electron chi connectivity index (χ4n) is 2.40. The minimum absolute atomic E-state index is 0. The number of rotatable bonds is 12. The van der Waals surface area contributed by atoms with Crippen molar-refractivity contribution >= 4 is 40.0 Å². The van der Waals surface area contributed by atoms with Gasteiger partial charge in [0, 0.05) is 26.7 Å². The molecule has 0 aliphatic rings. The van der Waals surface area contributed by atoms with E-state index in [1.807, 2.05) is 13.0 Å². The summed E-state index contributed by atoms with van der Waals surface area (Å²) in [5.41, 5.74) is 0.837. The highest BCUT2D eigenvalue weighted by atomic mass is 127. The summed E-state index contributed by atoms with van der Waals surface area (Å²) in [6, 6.07) is 6.84. The maximum Gasteiger partial charge on any atom is 0.240 e. The Morgan fingerprint density at radius 3 is 2.61 bits per heavy atom. The SMILES string of the molecule is CCNC(=NCc1cccc(S(=O)(=O)NCCOC)c1)NCCCC(C)C.I. The van der Waals surface area contributed by atoms with Crippen LogP contribution < -0.4 is 15.4 Å². The lowest BCUT2D eigenvalue weighted by Gasteiger charge is -2.12. The number of halogens is 1. The van der Waals surface area contributed by atoms with E-state index in [-0.39, 0.29) is 35.4 Å². The normalized spacial score (nSPS) is 12.0. The second-order valence-electron chi connectivity index (χ2n) is 6.70. The molecule has 0 heterocycles. The van der Waals surface area contributed by atoms with Crippen LogP contribution in [0, 0.1) is 5.92 Å². The van der Waals surface area contributed by atoms with Crippen molar-refractivity contribution in [2.24, 2.45) is 10.9 Å². The van der Waals surface area contributed by atoms with Crippen molar-refractivity contribution in [2.45, 2.75) is 45.1 Å². The highest BCUT2D eigenvalue weighted by Gasteiger charge is 2.13. The van der Waals surface area contributed by atoms with Gasteiger partial charge in [0.05, 0.1) is 18.0 Å². The van der Waals surface area contributed by atoms with E-state index in [1.54, 1.807) is 18.2 Å². The molecule has 7 nitrogen and oxygen atoms in total. The van der Waals surface area contributed by atoms with Crippen LogP contribution in [-0.4, -0.2) is 47.7 Å². The number of hydrogen-bond acceptors (Lipinski definition) is 4. The first-order valence-corrected chi connectivity index (χ1v) is 11.0. The fraction of sp³-hybridized carbons (Fsp3) is 0.632. The Morgan fingerprint density at radius 1 is 1.21 bits per heavy atom. The number of aliphatic imine (C=N–C) groups is 1. The molecule has 0 aliphatic carbocycles. The van der Waals surface area contributed by atoms with Gasteiger partial charge in [-0.05, 0) is 43.4 Å². The van der Waals surface area contributed by atoms with Crippen molar-refractivity contribution in [1.82, 2.24) is 15.4 Å². The Kier molecular flexibility index (Phi) is 14.5. The zero-order chi connectivity index (χ0) is 20.1. The van der Waals surface area contributed by atoms with Gasteiger partial charge in [-0.2, -0.15) is 0 Å². The first-order valence-electron chi connectivity index (χ1n) is 9.48. The average molecular weight is 526 g/mol. The van der Waals surface area contributed by atoms with Crippen LogP contribution in [-0.2, 0) is 21.3 Å². The van der Waals surface area contributed by atoms with Crippen LogP contribution >= 0.6 is 24.0 Å². The third-order valence-corrected chi connectivity index (χ3v) is 5.28. The van der Waals surface area contributed by atoms with Gasteiger partial charge in [0.25, 0.3) is 0 Å². The number of ether oxygens (including phenoxy) is 1. The molecule has 0 bridgehead atoms. The summed E-state index contributed by atoms with van der Waals surface area (Å²) >= 11 is 0. The molecule has 162 valence electrons. The third kappa shape index (κ3) is 11.2. The first kappa shape index (κ1) is 27.1. The van der Waals surface area contributed by atoms with Crippen molar-refractivity contribution in [2.75, 3.05) is 33.4 Å². The molecule has 0 fully saturated rings. The van der Waals surface area contributed by atoms with E-state index < -0.39 is 10.0 Å². The number of nitrogens with one attached hydrogen (secondary N) is 3. The molecule has 9 heteroatoms. The summed E-state index contributed by atoms with van der Waals surface area (Å²) in [5, 5.41) is 6.53. The molecule has 0 aromatic heterocycles. The van der Waals surface area contributed by atoms with Crippen LogP contribution in [0.2, 0.25) is 0 Å². The van der Waals surface area contributed by atoms with Crippen LogP contribution in [0.3, 0.4) is 0 Å². The third-order valence-electron chi connectivity index (χ3n) is 3.82. The number of sulfonamides is 1. The summed E-state index contributed by atoms with van der Waals surface area (Å²) in [4.78, 5) is 4.80. The van der Waals surface area contributed by atoms with Crippen LogP contribution in [0.25, 0.3) is 0 Å². The Balaban J connectivity index is 0.00000729. The summed E-state index contributed by atoms with van der Waals surface area (Å²) in [6.45, 7) is 9.06. The Labute approximate surface area is 187 Å².